The molecule has 27 heavy (non-hydrogen) atoms. The third kappa shape index (κ3) is 3.66. The summed E-state index contributed by atoms with van der Waals surface area (Å²) >= 11 is 5.93. The zero-order valence-electron chi connectivity index (χ0n) is 15.7. The van der Waals surface area contributed by atoms with Crippen LogP contribution in [0.3, 0.4) is 0 Å². The van der Waals surface area contributed by atoms with E-state index in [1.165, 1.54) is 5.56 Å². The van der Waals surface area contributed by atoms with Gasteiger partial charge in [0.25, 0.3) is 0 Å². The van der Waals surface area contributed by atoms with Gasteiger partial charge in [-0.25, -0.2) is 8.42 Å². The Balaban J connectivity index is 2.02. The molecule has 0 saturated heterocycles. The van der Waals surface area contributed by atoms with E-state index in [1.54, 1.807) is 24.3 Å². The summed E-state index contributed by atoms with van der Waals surface area (Å²) in [6, 6.07) is 14.5. The number of hydrogen-bond donors (Lipinski definition) is 1. The van der Waals surface area contributed by atoms with Crippen LogP contribution >= 0.6 is 11.6 Å². The van der Waals surface area contributed by atoms with E-state index in [4.69, 9.17) is 22.1 Å². The molecule has 2 aromatic rings. The van der Waals surface area contributed by atoms with E-state index in [0.29, 0.717) is 18.2 Å². The Morgan fingerprint density at radius 3 is 2.22 bits per heavy atom. The molecule has 2 aromatic carbocycles. The quantitative estimate of drug-likeness (QED) is 0.722. The highest BCUT2D eigenvalue weighted by atomic mass is 35.5. The average molecular weight is 408 g/mol. The summed E-state index contributed by atoms with van der Waals surface area (Å²) < 4.78 is 32.5. The normalized spacial score (nSPS) is 24.7. The third-order valence-corrected chi connectivity index (χ3v) is 8.15. The lowest BCUT2D eigenvalue weighted by Gasteiger charge is -2.16. The van der Waals surface area contributed by atoms with E-state index >= 15 is 0 Å². The Kier molecular flexibility index (Phi) is 5.96. The van der Waals surface area contributed by atoms with Crippen molar-refractivity contribution in [1.29, 1.82) is 0 Å². The van der Waals surface area contributed by atoms with Crippen LogP contribution < -0.4 is 5.73 Å². The molecule has 0 radical (unpaired) electrons. The van der Waals surface area contributed by atoms with Crippen LogP contribution in [0.4, 0.5) is 0 Å². The van der Waals surface area contributed by atoms with Crippen molar-refractivity contribution in [2.24, 2.45) is 11.1 Å². The van der Waals surface area contributed by atoms with Gasteiger partial charge < -0.3 is 10.5 Å². The standard InChI is InChI=1S/C21H26ClNO3S/c1-3-15-5-7-16(8-6-15)19-20(21(19,13-23)14-26-4-2)27(24,25)18-11-9-17(22)10-12-18/h5-12,19-20H,3-4,13-14,23H2,1-2H3/t19-,20-,21-/m1/s1. The first kappa shape index (κ1) is 20.3. The number of halogens is 1. The van der Waals surface area contributed by atoms with E-state index in [9.17, 15) is 8.42 Å². The van der Waals surface area contributed by atoms with Gasteiger partial charge in [0.05, 0.1) is 16.8 Å². The first-order valence-corrected chi connectivity index (χ1v) is 11.2. The molecule has 1 aliphatic carbocycles. The molecule has 0 heterocycles. The number of nitrogens with two attached hydrogens (primary N) is 1. The largest absolute Gasteiger partial charge is 0.381 e. The second kappa shape index (κ2) is 7.92. The molecular formula is C21H26ClNO3S. The van der Waals surface area contributed by atoms with Crippen LogP contribution in [0, 0.1) is 5.41 Å². The molecule has 3 atom stereocenters. The molecule has 1 aliphatic rings. The first-order chi connectivity index (χ1) is 12.9. The minimum atomic E-state index is -3.56. The summed E-state index contributed by atoms with van der Waals surface area (Å²) in [4.78, 5) is 0.277. The number of benzene rings is 2. The van der Waals surface area contributed by atoms with Crippen molar-refractivity contribution in [2.45, 2.75) is 36.3 Å². The summed E-state index contributed by atoms with van der Waals surface area (Å²) in [6.45, 7) is 5.11. The van der Waals surface area contributed by atoms with Crippen molar-refractivity contribution in [2.75, 3.05) is 19.8 Å². The van der Waals surface area contributed by atoms with Crippen molar-refractivity contribution in [3.05, 3.63) is 64.7 Å². The molecule has 1 saturated carbocycles. The topological polar surface area (TPSA) is 69.4 Å². The van der Waals surface area contributed by atoms with E-state index in [1.807, 2.05) is 19.1 Å². The van der Waals surface area contributed by atoms with Gasteiger partial charge in [-0.1, -0.05) is 42.8 Å². The Morgan fingerprint density at radius 2 is 1.70 bits per heavy atom. The van der Waals surface area contributed by atoms with Crippen LogP contribution in [0.2, 0.25) is 5.02 Å². The van der Waals surface area contributed by atoms with E-state index in [0.717, 1.165) is 12.0 Å². The number of hydrogen-bond acceptors (Lipinski definition) is 4. The highest BCUT2D eigenvalue weighted by Gasteiger charge is 2.70. The summed E-state index contributed by atoms with van der Waals surface area (Å²) in [7, 11) is -3.56. The van der Waals surface area contributed by atoms with Gasteiger partial charge in [-0.15, -0.1) is 0 Å². The van der Waals surface area contributed by atoms with Gasteiger partial charge in [0.1, 0.15) is 0 Å². The van der Waals surface area contributed by atoms with Crippen LogP contribution in [-0.4, -0.2) is 33.4 Å². The van der Waals surface area contributed by atoms with Crippen molar-refractivity contribution in [1.82, 2.24) is 0 Å². The number of rotatable bonds is 8. The Bertz CT molecular complexity index is 881. The van der Waals surface area contributed by atoms with Gasteiger partial charge in [-0.05, 0) is 48.7 Å². The summed E-state index contributed by atoms with van der Waals surface area (Å²) in [5.74, 6) is -0.180. The summed E-state index contributed by atoms with van der Waals surface area (Å²) in [5.41, 5.74) is 7.73. The first-order valence-electron chi connectivity index (χ1n) is 9.26. The van der Waals surface area contributed by atoms with Crippen LogP contribution in [0.15, 0.2) is 53.4 Å². The number of ether oxygens (including phenoxy) is 1. The smallest absolute Gasteiger partial charge is 0.182 e. The fourth-order valence-corrected chi connectivity index (χ4v) is 6.52. The van der Waals surface area contributed by atoms with Crippen molar-refractivity contribution < 1.29 is 13.2 Å². The van der Waals surface area contributed by atoms with Gasteiger partial charge in [0.2, 0.25) is 0 Å². The van der Waals surface area contributed by atoms with E-state index in [-0.39, 0.29) is 17.4 Å². The second-order valence-electron chi connectivity index (χ2n) is 7.07. The zero-order valence-corrected chi connectivity index (χ0v) is 17.3. The fraction of sp³-hybridized carbons (Fsp3) is 0.429. The lowest BCUT2D eigenvalue weighted by Crippen LogP contribution is -2.29. The van der Waals surface area contributed by atoms with E-state index in [2.05, 4.69) is 19.1 Å². The maximum Gasteiger partial charge on any atom is 0.182 e. The predicted molar refractivity (Wildman–Crippen MR) is 109 cm³/mol. The molecule has 146 valence electrons. The maximum absolute atomic E-state index is 13.4. The Labute approximate surface area is 166 Å². The van der Waals surface area contributed by atoms with Crippen LogP contribution in [0.25, 0.3) is 0 Å². The highest BCUT2D eigenvalue weighted by Crippen LogP contribution is 2.63. The van der Waals surface area contributed by atoms with Gasteiger partial charge in [0.15, 0.2) is 9.84 Å². The van der Waals surface area contributed by atoms with Crippen LogP contribution in [0.5, 0.6) is 0 Å². The molecule has 0 spiro atoms. The fourth-order valence-electron chi connectivity index (χ4n) is 3.95. The molecule has 0 aliphatic heterocycles. The molecule has 0 aromatic heterocycles. The molecule has 0 unspecified atom stereocenters. The molecule has 2 N–H and O–H groups in total. The zero-order chi connectivity index (χ0) is 19.7. The Hall–Kier alpha value is -1.40. The minimum Gasteiger partial charge on any atom is -0.381 e. The molecule has 4 nitrogen and oxygen atoms in total. The van der Waals surface area contributed by atoms with Crippen LogP contribution in [-0.2, 0) is 21.0 Å². The van der Waals surface area contributed by atoms with Crippen molar-refractivity contribution in [3.63, 3.8) is 0 Å². The predicted octanol–water partition coefficient (Wildman–Crippen LogP) is 3.82. The molecule has 1 fully saturated rings. The third-order valence-electron chi connectivity index (χ3n) is 5.56. The SMILES string of the molecule is CCOC[C@]1(CN)[C@H](c2ccc(CC)cc2)[C@H]1S(=O)(=O)c1ccc(Cl)cc1. The van der Waals surface area contributed by atoms with Gasteiger partial charge in [0, 0.05) is 29.5 Å². The lowest BCUT2D eigenvalue weighted by atomic mass is 9.99. The Morgan fingerprint density at radius 1 is 1.07 bits per heavy atom. The highest BCUT2D eigenvalue weighted by molar-refractivity contribution is 7.92. The molecule has 0 amide bonds. The second-order valence-corrected chi connectivity index (χ2v) is 9.57. The summed E-state index contributed by atoms with van der Waals surface area (Å²) in [5, 5.41) is -0.0916. The summed E-state index contributed by atoms with van der Waals surface area (Å²) in [6.07, 6.45) is 0.943. The lowest BCUT2D eigenvalue weighted by molar-refractivity contribution is 0.101. The molecule has 6 heteroatoms. The maximum atomic E-state index is 13.4. The number of aryl methyl sites for hydroxylation is 1. The molecule has 0 bridgehead atoms. The average Bonchev–Trinajstić information content (AvgIpc) is 3.37. The number of sulfone groups is 1. The van der Waals surface area contributed by atoms with Gasteiger partial charge >= 0.3 is 0 Å². The molecular weight excluding hydrogens is 382 g/mol. The van der Waals surface area contributed by atoms with Crippen LogP contribution in [0.1, 0.15) is 30.9 Å². The van der Waals surface area contributed by atoms with Crippen molar-refractivity contribution >= 4 is 21.4 Å². The van der Waals surface area contributed by atoms with Gasteiger partial charge in [-0.3, -0.25) is 0 Å². The minimum absolute atomic E-state index is 0.180. The van der Waals surface area contributed by atoms with Crippen molar-refractivity contribution in [3.8, 4) is 0 Å². The van der Waals surface area contributed by atoms with Gasteiger partial charge in [-0.2, -0.15) is 0 Å². The van der Waals surface area contributed by atoms with E-state index < -0.39 is 20.5 Å². The monoisotopic (exact) mass is 407 g/mol. The molecule has 3 rings (SSSR count).